The number of benzene rings is 2. The van der Waals surface area contributed by atoms with E-state index in [4.69, 9.17) is 4.74 Å². The molecule has 0 saturated heterocycles. The molecule has 3 aromatic rings. The van der Waals surface area contributed by atoms with Gasteiger partial charge in [0.15, 0.2) is 6.61 Å². The minimum Gasteiger partial charge on any atom is -0.484 e. The van der Waals surface area contributed by atoms with Crippen LogP contribution in [0.5, 0.6) is 5.75 Å². The van der Waals surface area contributed by atoms with E-state index >= 15 is 0 Å². The summed E-state index contributed by atoms with van der Waals surface area (Å²) in [5.74, 6) is 0.614. The lowest BCUT2D eigenvalue weighted by Gasteiger charge is -2.21. The monoisotopic (exact) mass is 352 g/mol. The van der Waals surface area contributed by atoms with Crippen LogP contribution >= 0.6 is 11.3 Å². The number of aryl methyl sites for hydroxylation is 1. The highest BCUT2D eigenvalue weighted by molar-refractivity contribution is 7.13. The molecule has 1 aromatic heterocycles. The Morgan fingerprint density at radius 2 is 1.84 bits per heavy atom. The molecule has 0 bridgehead atoms. The Hall–Kier alpha value is -2.66. The number of thiazole rings is 1. The summed E-state index contributed by atoms with van der Waals surface area (Å²) in [5, 5.41) is 3.02. The van der Waals surface area contributed by atoms with E-state index in [-0.39, 0.29) is 12.5 Å². The summed E-state index contributed by atoms with van der Waals surface area (Å²) in [4.78, 5) is 18.6. The topological polar surface area (TPSA) is 42.4 Å². The average Bonchev–Trinajstić information content (AvgIpc) is 3.08. The average molecular weight is 352 g/mol. The molecule has 0 N–H and O–H groups in total. The molecule has 128 valence electrons. The first kappa shape index (κ1) is 17.2. The normalized spacial score (nSPS) is 10.5. The van der Waals surface area contributed by atoms with Crippen LogP contribution < -0.4 is 9.64 Å². The van der Waals surface area contributed by atoms with E-state index in [1.807, 2.05) is 73.8 Å². The van der Waals surface area contributed by atoms with E-state index in [0.717, 1.165) is 22.0 Å². The van der Waals surface area contributed by atoms with Gasteiger partial charge >= 0.3 is 0 Å². The molecule has 4 nitrogen and oxygen atoms in total. The number of amides is 1. The Bertz CT molecular complexity index is 828. The number of rotatable bonds is 6. The number of nitrogens with zero attached hydrogens (tertiary/aromatic N) is 2. The lowest BCUT2D eigenvalue weighted by atomic mass is 10.2. The molecule has 0 spiro atoms. The summed E-state index contributed by atoms with van der Waals surface area (Å²) < 4.78 is 5.66. The molecular weight excluding hydrogens is 332 g/mol. The number of carbonyl (C=O) groups excluding carboxylic acids is 1. The van der Waals surface area contributed by atoms with Gasteiger partial charge in [-0.3, -0.25) is 4.79 Å². The van der Waals surface area contributed by atoms with Crippen molar-refractivity contribution in [2.75, 3.05) is 18.1 Å². The number of anilines is 1. The summed E-state index contributed by atoms with van der Waals surface area (Å²) in [6, 6.07) is 17.3. The van der Waals surface area contributed by atoms with Gasteiger partial charge in [-0.05, 0) is 50.2 Å². The Morgan fingerprint density at radius 3 is 2.44 bits per heavy atom. The van der Waals surface area contributed by atoms with Gasteiger partial charge in [0.1, 0.15) is 10.8 Å². The standard InChI is InChI=1S/C20H20N2O2S/c1-3-22(17-7-5-4-6-8-17)19(23)13-24-18-11-9-16(10-12-18)20-21-15(2)14-25-20/h4-12,14H,3,13H2,1-2H3. The number of para-hydroxylation sites is 1. The third kappa shape index (κ3) is 4.25. The van der Waals surface area contributed by atoms with Crippen LogP contribution in [0.4, 0.5) is 5.69 Å². The Labute approximate surface area is 151 Å². The minimum absolute atomic E-state index is 0.0123. The zero-order valence-electron chi connectivity index (χ0n) is 14.3. The van der Waals surface area contributed by atoms with E-state index < -0.39 is 0 Å². The Morgan fingerprint density at radius 1 is 1.12 bits per heavy atom. The molecule has 2 aromatic carbocycles. The largest absolute Gasteiger partial charge is 0.484 e. The SMILES string of the molecule is CCN(C(=O)COc1ccc(-c2nc(C)cs2)cc1)c1ccccc1. The van der Waals surface area contributed by atoms with Crippen LogP contribution in [0.1, 0.15) is 12.6 Å². The maximum Gasteiger partial charge on any atom is 0.264 e. The highest BCUT2D eigenvalue weighted by atomic mass is 32.1. The van der Waals surface area contributed by atoms with E-state index in [9.17, 15) is 4.79 Å². The molecule has 0 saturated carbocycles. The van der Waals surface area contributed by atoms with Gasteiger partial charge in [-0.1, -0.05) is 18.2 Å². The van der Waals surface area contributed by atoms with E-state index in [0.29, 0.717) is 12.3 Å². The third-order valence-electron chi connectivity index (χ3n) is 3.77. The number of aromatic nitrogens is 1. The maximum atomic E-state index is 12.4. The lowest BCUT2D eigenvalue weighted by Crippen LogP contribution is -2.34. The molecule has 0 aliphatic carbocycles. The van der Waals surface area contributed by atoms with Gasteiger partial charge in [-0.2, -0.15) is 0 Å². The van der Waals surface area contributed by atoms with Crippen LogP contribution in [0.3, 0.4) is 0 Å². The summed E-state index contributed by atoms with van der Waals surface area (Å²) in [5.41, 5.74) is 2.95. The number of hydrogen-bond donors (Lipinski definition) is 0. The molecule has 5 heteroatoms. The summed E-state index contributed by atoms with van der Waals surface area (Å²) in [6.45, 7) is 4.55. The zero-order chi connectivity index (χ0) is 17.6. The van der Waals surface area contributed by atoms with Gasteiger partial charge in [-0.15, -0.1) is 11.3 Å². The van der Waals surface area contributed by atoms with Crippen molar-refractivity contribution in [1.29, 1.82) is 0 Å². The molecule has 0 unspecified atom stereocenters. The quantitative estimate of drug-likeness (QED) is 0.653. The molecule has 0 aliphatic heterocycles. The number of ether oxygens (including phenoxy) is 1. The van der Waals surface area contributed by atoms with Crippen molar-refractivity contribution < 1.29 is 9.53 Å². The fourth-order valence-electron chi connectivity index (χ4n) is 2.51. The molecule has 1 amide bonds. The van der Waals surface area contributed by atoms with Gasteiger partial charge in [0.25, 0.3) is 5.91 Å². The molecule has 1 heterocycles. The van der Waals surface area contributed by atoms with Crippen molar-refractivity contribution in [3.8, 4) is 16.3 Å². The number of likely N-dealkylation sites (N-methyl/N-ethyl adjacent to an activating group) is 1. The predicted molar refractivity (Wildman–Crippen MR) is 102 cm³/mol. The zero-order valence-corrected chi connectivity index (χ0v) is 15.1. The fourth-order valence-corrected chi connectivity index (χ4v) is 3.32. The van der Waals surface area contributed by atoms with Gasteiger partial charge in [0, 0.05) is 28.9 Å². The Kier molecular flexibility index (Phi) is 5.46. The van der Waals surface area contributed by atoms with Gasteiger partial charge < -0.3 is 9.64 Å². The number of carbonyl (C=O) groups is 1. The predicted octanol–water partition coefficient (Wildman–Crippen LogP) is 4.55. The number of hydrogen-bond acceptors (Lipinski definition) is 4. The minimum atomic E-state index is -0.0617. The van der Waals surface area contributed by atoms with Crippen molar-refractivity contribution in [1.82, 2.24) is 4.98 Å². The maximum absolute atomic E-state index is 12.4. The Balaban J connectivity index is 1.62. The van der Waals surface area contributed by atoms with Crippen molar-refractivity contribution in [2.45, 2.75) is 13.8 Å². The summed E-state index contributed by atoms with van der Waals surface area (Å²) in [6.07, 6.45) is 0. The van der Waals surface area contributed by atoms with Crippen molar-refractivity contribution in [2.24, 2.45) is 0 Å². The lowest BCUT2D eigenvalue weighted by molar-refractivity contribution is -0.120. The summed E-state index contributed by atoms with van der Waals surface area (Å²) >= 11 is 1.62. The van der Waals surface area contributed by atoms with Crippen LogP contribution in [-0.2, 0) is 4.79 Å². The van der Waals surface area contributed by atoms with Crippen LogP contribution in [0.25, 0.3) is 10.6 Å². The van der Waals surface area contributed by atoms with E-state index in [2.05, 4.69) is 4.98 Å². The first-order chi connectivity index (χ1) is 12.2. The highest BCUT2D eigenvalue weighted by Gasteiger charge is 2.14. The molecule has 0 aliphatic rings. The second-order valence-corrected chi connectivity index (χ2v) is 6.44. The molecule has 25 heavy (non-hydrogen) atoms. The third-order valence-corrected chi connectivity index (χ3v) is 4.78. The first-order valence-corrected chi connectivity index (χ1v) is 9.06. The van der Waals surface area contributed by atoms with Gasteiger partial charge in [-0.25, -0.2) is 4.98 Å². The van der Waals surface area contributed by atoms with E-state index in [1.54, 1.807) is 16.2 Å². The fraction of sp³-hybridized carbons (Fsp3) is 0.200. The second-order valence-electron chi connectivity index (χ2n) is 5.58. The van der Waals surface area contributed by atoms with E-state index in [1.165, 1.54) is 0 Å². The second kappa shape index (κ2) is 7.94. The van der Waals surface area contributed by atoms with Crippen molar-refractivity contribution in [3.05, 3.63) is 65.7 Å². The van der Waals surface area contributed by atoms with Crippen LogP contribution in [-0.4, -0.2) is 24.0 Å². The summed E-state index contributed by atoms with van der Waals surface area (Å²) in [7, 11) is 0. The molecule has 0 fully saturated rings. The van der Waals surface area contributed by atoms with Crippen LogP contribution in [0.2, 0.25) is 0 Å². The van der Waals surface area contributed by atoms with Crippen molar-refractivity contribution in [3.63, 3.8) is 0 Å². The molecule has 3 rings (SSSR count). The smallest absolute Gasteiger partial charge is 0.264 e. The van der Waals surface area contributed by atoms with Crippen LogP contribution in [0, 0.1) is 6.92 Å². The van der Waals surface area contributed by atoms with Gasteiger partial charge in [0.05, 0.1) is 0 Å². The molecule has 0 atom stereocenters. The molecular formula is C20H20N2O2S. The van der Waals surface area contributed by atoms with Crippen molar-refractivity contribution >= 4 is 22.9 Å². The highest BCUT2D eigenvalue weighted by Crippen LogP contribution is 2.25. The van der Waals surface area contributed by atoms with Gasteiger partial charge in [0.2, 0.25) is 0 Å². The van der Waals surface area contributed by atoms with Crippen LogP contribution in [0.15, 0.2) is 60.0 Å². The first-order valence-electron chi connectivity index (χ1n) is 8.18. The molecule has 0 radical (unpaired) electrons.